The van der Waals surface area contributed by atoms with Crippen LogP contribution >= 0.6 is 0 Å². The van der Waals surface area contributed by atoms with Gasteiger partial charge in [-0.05, 0) is 57.7 Å². The summed E-state index contributed by atoms with van der Waals surface area (Å²) in [6.45, 7) is 9.79. The lowest BCUT2D eigenvalue weighted by Gasteiger charge is -2.43. The van der Waals surface area contributed by atoms with Gasteiger partial charge in [0.15, 0.2) is 0 Å². The average molecular weight is 670 g/mol. The Bertz CT molecular complexity index is 1840. The number of carbonyl (C=O) groups is 1. The number of anilines is 2. The quantitative estimate of drug-likeness (QED) is 0.114. The van der Waals surface area contributed by atoms with Crippen LogP contribution in [0.2, 0.25) is 5.04 Å². The van der Waals surface area contributed by atoms with E-state index in [1.165, 1.54) is 16.4 Å². The maximum Gasteiger partial charge on any atom is 0.324 e. The molecule has 1 saturated heterocycles. The first-order valence-corrected chi connectivity index (χ1v) is 18.9. The maximum atomic E-state index is 16.0. The fraction of sp³-hybridized carbons (Fsp3) is 0.262. The maximum absolute atomic E-state index is 16.0. The van der Waals surface area contributed by atoms with Crippen LogP contribution in [-0.2, 0) is 11.0 Å². The molecule has 0 unspecified atom stereocenters. The lowest BCUT2D eigenvalue weighted by molar-refractivity contribution is 0.177. The SMILES string of the molecule is CC(C)(C)[Si](OCCN1CCCN(c2ccc(N(CC3=C=C=CC=C3)Cc3ccccc3)c(F)c2)C1=O)(c1ccccc1)c1ccccc1. The Morgan fingerprint density at radius 1 is 0.857 bits per heavy atom. The number of halogens is 1. The van der Waals surface area contributed by atoms with Gasteiger partial charge in [-0.3, -0.25) is 4.90 Å². The van der Waals surface area contributed by atoms with Gasteiger partial charge in [-0.15, -0.1) is 0 Å². The van der Waals surface area contributed by atoms with Crippen LogP contribution in [0.15, 0.2) is 144 Å². The third-order valence-electron chi connectivity index (χ3n) is 9.28. The van der Waals surface area contributed by atoms with Crippen LogP contribution in [0.1, 0.15) is 32.8 Å². The summed E-state index contributed by atoms with van der Waals surface area (Å²) in [6.07, 6.45) is 6.48. The molecule has 4 aromatic carbocycles. The number of nitrogens with zero attached hydrogens (tertiary/aromatic N) is 3. The summed E-state index contributed by atoms with van der Waals surface area (Å²) in [4.78, 5) is 19.4. The van der Waals surface area contributed by atoms with Crippen molar-refractivity contribution in [2.45, 2.75) is 38.8 Å². The molecule has 0 N–H and O–H groups in total. The van der Waals surface area contributed by atoms with E-state index in [1.807, 2.05) is 70.5 Å². The van der Waals surface area contributed by atoms with Crippen LogP contribution in [0, 0.1) is 5.82 Å². The molecular weight excluding hydrogens is 626 g/mol. The Morgan fingerprint density at radius 3 is 2.10 bits per heavy atom. The molecule has 49 heavy (non-hydrogen) atoms. The first-order valence-electron chi connectivity index (χ1n) is 17.0. The third-order valence-corrected chi connectivity index (χ3v) is 14.3. The summed E-state index contributed by atoms with van der Waals surface area (Å²) in [6, 6.07) is 36.1. The normalized spacial score (nSPS) is 14.7. The lowest BCUT2D eigenvalue weighted by atomic mass is 10.1. The molecule has 2 aliphatic rings. The van der Waals surface area contributed by atoms with E-state index in [4.69, 9.17) is 4.43 Å². The zero-order valence-electron chi connectivity index (χ0n) is 28.6. The topological polar surface area (TPSA) is 36.0 Å². The van der Waals surface area contributed by atoms with E-state index in [9.17, 15) is 4.79 Å². The fourth-order valence-electron chi connectivity index (χ4n) is 6.94. The van der Waals surface area contributed by atoms with Gasteiger partial charge in [-0.25, -0.2) is 9.18 Å². The molecule has 0 bridgehead atoms. The number of rotatable bonds is 12. The van der Waals surface area contributed by atoms with E-state index in [-0.39, 0.29) is 16.9 Å². The molecule has 1 aliphatic heterocycles. The summed E-state index contributed by atoms with van der Waals surface area (Å²) in [7, 11) is -2.73. The molecule has 0 aromatic heterocycles. The van der Waals surface area contributed by atoms with Gasteiger partial charge in [0, 0.05) is 37.4 Å². The number of allylic oxidation sites excluding steroid dienone is 2. The van der Waals surface area contributed by atoms with E-state index in [0.29, 0.717) is 50.7 Å². The second kappa shape index (κ2) is 15.1. The molecule has 0 spiro atoms. The van der Waals surface area contributed by atoms with Crippen molar-refractivity contribution in [2.24, 2.45) is 0 Å². The highest BCUT2D eigenvalue weighted by atomic mass is 28.4. The summed E-state index contributed by atoms with van der Waals surface area (Å²) in [5, 5.41) is 2.26. The number of hydrogen-bond donors (Lipinski definition) is 0. The summed E-state index contributed by atoms with van der Waals surface area (Å²) in [5.74, 6) is -0.367. The molecule has 5 nitrogen and oxygen atoms in total. The van der Waals surface area contributed by atoms with Crippen molar-refractivity contribution in [2.75, 3.05) is 42.6 Å². The van der Waals surface area contributed by atoms with Crippen molar-refractivity contribution in [3.63, 3.8) is 0 Å². The highest BCUT2D eigenvalue weighted by Crippen LogP contribution is 2.37. The average Bonchev–Trinajstić information content (AvgIpc) is 3.12. The van der Waals surface area contributed by atoms with Crippen LogP contribution < -0.4 is 20.2 Å². The molecule has 2 amide bonds. The molecule has 0 radical (unpaired) electrons. The highest BCUT2D eigenvalue weighted by molar-refractivity contribution is 6.99. The summed E-state index contributed by atoms with van der Waals surface area (Å²) >= 11 is 0. The van der Waals surface area contributed by atoms with Crippen molar-refractivity contribution >= 4 is 36.1 Å². The van der Waals surface area contributed by atoms with Crippen LogP contribution in [0.3, 0.4) is 0 Å². The van der Waals surface area contributed by atoms with E-state index >= 15 is 4.39 Å². The molecule has 250 valence electrons. The van der Waals surface area contributed by atoms with E-state index in [1.54, 1.807) is 17.0 Å². The first kappa shape index (κ1) is 34.0. The number of benzene rings is 4. The smallest absolute Gasteiger partial charge is 0.324 e. The second-order valence-corrected chi connectivity index (χ2v) is 17.9. The number of hydrogen-bond acceptors (Lipinski definition) is 3. The Hall–Kier alpha value is -4.90. The van der Waals surface area contributed by atoms with Gasteiger partial charge >= 0.3 is 6.03 Å². The largest absolute Gasteiger partial charge is 0.406 e. The molecule has 6 rings (SSSR count). The van der Waals surface area contributed by atoms with Crippen molar-refractivity contribution in [1.82, 2.24) is 4.90 Å². The van der Waals surface area contributed by atoms with Gasteiger partial charge < -0.3 is 14.2 Å². The summed E-state index contributed by atoms with van der Waals surface area (Å²) in [5.41, 5.74) is 9.18. The number of carbonyl (C=O) groups excluding carboxylic acids is 1. The first-order chi connectivity index (χ1) is 23.8. The minimum Gasteiger partial charge on any atom is -0.406 e. The monoisotopic (exact) mass is 669 g/mol. The Balaban J connectivity index is 1.20. The molecular formula is C42H44FN3O2Si. The van der Waals surface area contributed by atoms with Crippen molar-refractivity contribution in [3.8, 4) is 0 Å². The number of amides is 2. The van der Waals surface area contributed by atoms with Gasteiger partial charge in [0.05, 0.1) is 18.8 Å². The summed E-state index contributed by atoms with van der Waals surface area (Å²) < 4.78 is 23.1. The molecule has 1 heterocycles. The van der Waals surface area contributed by atoms with E-state index < -0.39 is 8.32 Å². The van der Waals surface area contributed by atoms with Crippen molar-refractivity contribution < 1.29 is 13.6 Å². The van der Waals surface area contributed by atoms with Gasteiger partial charge in [-0.2, -0.15) is 0 Å². The fourth-order valence-corrected chi connectivity index (χ4v) is 11.5. The van der Waals surface area contributed by atoms with Gasteiger partial charge in [0.2, 0.25) is 0 Å². The van der Waals surface area contributed by atoms with Crippen LogP contribution in [0.4, 0.5) is 20.6 Å². The number of urea groups is 1. The zero-order chi connectivity index (χ0) is 34.3. The molecule has 4 aromatic rings. The third kappa shape index (κ3) is 7.56. The molecule has 0 atom stereocenters. The molecule has 7 heteroatoms. The predicted octanol–water partition coefficient (Wildman–Crippen LogP) is 7.85. The predicted molar refractivity (Wildman–Crippen MR) is 201 cm³/mol. The van der Waals surface area contributed by atoms with Crippen LogP contribution in [0.25, 0.3) is 0 Å². The minimum atomic E-state index is -2.73. The standard InChI is InChI=1S/C42H44FN3O2Si/c1-42(2,3)49(37-21-12-6-13-22-37,38-23-14-7-15-24-38)48-30-29-44-27-16-28-46(41(44)47)36-25-26-40(39(43)31-36)45(32-34-17-8-4-9-18-34)33-35-19-10-5-11-20-35/h4-10,12-15,17-19,21-26,31H,16,27-30,32-33H2,1-3H3. The second-order valence-electron chi connectivity index (χ2n) is 13.6. The van der Waals surface area contributed by atoms with E-state index in [2.05, 4.69) is 80.8 Å². The molecule has 1 fully saturated rings. The highest BCUT2D eigenvalue weighted by Gasteiger charge is 2.50. The molecule has 1 aliphatic carbocycles. The lowest BCUT2D eigenvalue weighted by Crippen LogP contribution is -2.67. The van der Waals surface area contributed by atoms with Crippen molar-refractivity contribution in [3.05, 3.63) is 156 Å². The van der Waals surface area contributed by atoms with Gasteiger partial charge in [-0.1, -0.05) is 129 Å². The van der Waals surface area contributed by atoms with Crippen LogP contribution in [-0.4, -0.2) is 52.0 Å². The van der Waals surface area contributed by atoms with E-state index in [0.717, 1.165) is 17.6 Å². The minimum absolute atomic E-state index is 0.125. The zero-order valence-corrected chi connectivity index (χ0v) is 29.6. The van der Waals surface area contributed by atoms with Gasteiger partial charge in [0.1, 0.15) is 5.82 Å². The molecule has 0 saturated carbocycles. The van der Waals surface area contributed by atoms with Gasteiger partial charge in [0.25, 0.3) is 8.32 Å². The van der Waals surface area contributed by atoms with Crippen LogP contribution in [0.5, 0.6) is 0 Å². The Morgan fingerprint density at radius 2 is 1.51 bits per heavy atom. The Labute approximate surface area is 291 Å². The Kier molecular flexibility index (Phi) is 10.5. The van der Waals surface area contributed by atoms with Crippen molar-refractivity contribution in [1.29, 1.82) is 0 Å².